The third-order valence-electron chi connectivity index (χ3n) is 3.56. The van der Waals surface area contributed by atoms with E-state index >= 15 is 0 Å². The van der Waals surface area contributed by atoms with Crippen molar-refractivity contribution in [3.63, 3.8) is 0 Å². The Morgan fingerprint density at radius 3 is 2.57 bits per heavy atom. The highest BCUT2D eigenvalue weighted by Crippen LogP contribution is 2.32. The van der Waals surface area contributed by atoms with Crippen LogP contribution in [0.2, 0.25) is 5.02 Å². The quantitative estimate of drug-likeness (QED) is 0.931. The number of hydrogen-bond donors (Lipinski definition) is 1. The molecule has 0 bridgehead atoms. The molecule has 2 amide bonds. The second-order valence-electron chi connectivity index (χ2n) is 5.45. The van der Waals surface area contributed by atoms with E-state index in [-0.39, 0.29) is 17.7 Å². The first-order chi connectivity index (χ1) is 9.86. The van der Waals surface area contributed by atoms with Gasteiger partial charge in [-0.05, 0) is 25.0 Å². The molecule has 0 radical (unpaired) electrons. The van der Waals surface area contributed by atoms with E-state index in [0.717, 1.165) is 0 Å². The fourth-order valence-corrected chi connectivity index (χ4v) is 2.71. The summed E-state index contributed by atoms with van der Waals surface area (Å²) >= 11 is 6.02. The van der Waals surface area contributed by atoms with E-state index in [2.05, 4.69) is 5.32 Å². The maximum Gasteiger partial charge on any atom is 0.250 e. The van der Waals surface area contributed by atoms with Gasteiger partial charge in [0, 0.05) is 11.8 Å². The van der Waals surface area contributed by atoms with Crippen LogP contribution in [0, 0.1) is 5.92 Å². The minimum absolute atomic E-state index is 0.0110. The topological polar surface area (TPSA) is 58.6 Å². The smallest absolute Gasteiger partial charge is 0.250 e. The molecule has 5 nitrogen and oxygen atoms in total. The number of methoxy groups -OCH3 is 1. The SMILES string of the molecule is COc1cc(N2C(=O)C(C)NC(=O)C2C(C)C)ccc1Cl. The van der Waals surface area contributed by atoms with Gasteiger partial charge in [-0.1, -0.05) is 25.4 Å². The highest BCUT2D eigenvalue weighted by atomic mass is 35.5. The first-order valence-electron chi connectivity index (χ1n) is 6.83. The maximum atomic E-state index is 12.5. The number of halogens is 1. The van der Waals surface area contributed by atoms with E-state index in [9.17, 15) is 9.59 Å². The number of amides is 2. The average molecular weight is 311 g/mol. The van der Waals surface area contributed by atoms with Crippen molar-refractivity contribution in [3.05, 3.63) is 23.2 Å². The van der Waals surface area contributed by atoms with Crippen molar-refractivity contribution in [1.82, 2.24) is 5.32 Å². The molecule has 0 saturated carbocycles. The normalized spacial score (nSPS) is 22.5. The number of carbonyl (C=O) groups is 2. The summed E-state index contributed by atoms with van der Waals surface area (Å²) < 4.78 is 5.19. The van der Waals surface area contributed by atoms with Gasteiger partial charge in [-0.2, -0.15) is 0 Å². The van der Waals surface area contributed by atoms with Crippen LogP contribution in [0.5, 0.6) is 5.75 Å². The predicted octanol–water partition coefficient (Wildman–Crippen LogP) is 2.22. The lowest BCUT2D eigenvalue weighted by atomic mass is 9.96. The number of nitrogens with zero attached hydrogens (tertiary/aromatic N) is 1. The maximum absolute atomic E-state index is 12.5. The third kappa shape index (κ3) is 2.83. The molecular weight excluding hydrogens is 292 g/mol. The summed E-state index contributed by atoms with van der Waals surface area (Å²) in [6.45, 7) is 5.50. The van der Waals surface area contributed by atoms with Crippen LogP contribution >= 0.6 is 11.6 Å². The average Bonchev–Trinajstić information content (AvgIpc) is 2.42. The summed E-state index contributed by atoms with van der Waals surface area (Å²) in [5, 5.41) is 3.18. The zero-order chi connectivity index (χ0) is 15.7. The van der Waals surface area contributed by atoms with Crippen molar-refractivity contribution in [1.29, 1.82) is 0 Å². The summed E-state index contributed by atoms with van der Waals surface area (Å²) in [6, 6.07) is 3.98. The van der Waals surface area contributed by atoms with Gasteiger partial charge in [-0.3, -0.25) is 14.5 Å². The molecule has 2 atom stereocenters. The Kier molecular flexibility index (Phi) is 4.42. The number of piperazine rings is 1. The first-order valence-corrected chi connectivity index (χ1v) is 7.21. The largest absolute Gasteiger partial charge is 0.495 e. The lowest BCUT2D eigenvalue weighted by molar-refractivity contribution is -0.134. The van der Waals surface area contributed by atoms with Crippen molar-refractivity contribution < 1.29 is 14.3 Å². The molecule has 1 N–H and O–H groups in total. The van der Waals surface area contributed by atoms with Crippen LogP contribution in [0.25, 0.3) is 0 Å². The molecule has 1 fully saturated rings. The summed E-state index contributed by atoms with van der Waals surface area (Å²) in [7, 11) is 1.51. The van der Waals surface area contributed by atoms with Crippen molar-refractivity contribution in [2.75, 3.05) is 12.0 Å². The molecule has 0 aliphatic carbocycles. The molecule has 1 aromatic carbocycles. The molecule has 1 heterocycles. The van der Waals surface area contributed by atoms with Crippen LogP contribution < -0.4 is 15.0 Å². The van der Waals surface area contributed by atoms with Gasteiger partial charge in [0.05, 0.1) is 12.1 Å². The molecular formula is C15H19ClN2O3. The summed E-state index contributed by atoms with van der Waals surface area (Å²) in [5.74, 6) is 0.176. The molecule has 1 aromatic rings. The zero-order valence-electron chi connectivity index (χ0n) is 12.5. The van der Waals surface area contributed by atoms with Gasteiger partial charge in [-0.15, -0.1) is 0 Å². The van der Waals surface area contributed by atoms with Crippen molar-refractivity contribution in [3.8, 4) is 5.75 Å². The van der Waals surface area contributed by atoms with Crippen molar-refractivity contribution >= 4 is 29.1 Å². The molecule has 0 spiro atoms. The Bertz CT molecular complexity index is 574. The Hall–Kier alpha value is -1.75. The molecule has 21 heavy (non-hydrogen) atoms. The van der Waals surface area contributed by atoms with Crippen LogP contribution in [0.1, 0.15) is 20.8 Å². The van der Waals surface area contributed by atoms with Gasteiger partial charge in [0.25, 0.3) is 0 Å². The second-order valence-corrected chi connectivity index (χ2v) is 5.85. The monoisotopic (exact) mass is 310 g/mol. The lowest BCUT2D eigenvalue weighted by Crippen LogP contribution is -2.64. The highest BCUT2D eigenvalue weighted by molar-refractivity contribution is 6.32. The van der Waals surface area contributed by atoms with Gasteiger partial charge in [0.1, 0.15) is 17.8 Å². The van der Waals surface area contributed by atoms with Crippen molar-refractivity contribution in [2.45, 2.75) is 32.9 Å². The molecule has 114 valence electrons. The van der Waals surface area contributed by atoms with Gasteiger partial charge in [0.2, 0.25) is 11.8 Å². The minimum atomic E-state index is -0.547. The number of nitrogens with one attached hydrogen (secondary N) is 1. The number of hydrogen-bond acceptors (Lipinski definition) is 3. The number of carbonyl (C=O) groups excluding carboxylic acids is 2. The molecule has 1 aliphatic rings. The third-order valence-corrected chi connectivity index (χ3v) is 3.87. The summed E-state index contributed by atoms with van der Waals surface area (Å²) in [5.41, 5.74) is 0.613. The predicted molar refractivity (Wildman–Crippen MR) is 81.7 cm³/mol. The molecule has 2 rings (SSSR count). The molecule has 1 saturated heterocycles. The Morgan fingerprint density at radius 2 is 2.00 bits per heavy atom. The first kappa shape index (κ1) is 15.6. The van der Waals surface area contributed by atoms with E-state index < -0.39 is 12.1 Å². The van der Waals surface area contributed by atoms with Crippen LogP contribution in [-0.2, 0) is 9.59 Å². The van der Waals surface area contributed by atoms with E-state index in [4.69, 9.17) is 16.3 Å². The van der Waals surface area contributed by atoms with Gasteiger partial charge < -0.3 is 10.1 Å². The van der Waals surface area contributed by atoms with Crippen molar-refractivity contribution in [2.24, 2.45) is 5.92 Å². The Morgan fingerprint density at radius 1 is 1.33 bits per heavy atom. The number of anilines is 1. The molecule has 6 heteroatoms. The second kappa shape index (κ2) is 5.93. The van der Waals surface area contributed by atoms with Gasteiger partial charge >= 0.3 is 0 Å². The van der Waals surface area contributed by atoms with Crippen LogP contribution in [-0.4, -0.2) is 31.0 Å². The van der Waals surface area contributed by atoms with Crippen LogP contribution in [0.15, 0.2) is 18.2 Å². The number of benzene rings is 1. The van der Waals surface area contributed by atoms with E-state index in [1.54, 1.807) is 25.1 Å². The minimum Gasteiger partial charge on any atom is -0.495 e. The van der Waals surface area contributed by atoms with E-state index in [1.165, 1.54) is 12.0 Å². The van der Waals surface area contributed by atoms with E-state index in [1.807, 2.05) is 13.8 Å². The molecule has 1 aliphatic heterocycles. The Labute approximate surface area is 129 Å². The van der Waals surface area contributed by atoms with Crippen LogP contribution in [0.3, 0.4) is 0 Å². The standard InChI is InChI=1S/C15H19ClN2O3/c1-8(2)13-14(19)17-9(3)15(20)18(13)10-5-6-11(16)12(7-10)21-4/h5-9,13H,1-4H3,(H,17,19). The van der Waals surface area contributed by atoms with Gasteiger partial charge in [-0.25, -0.2) is 0 Å². The van der Waals surface area contributed by atoms with Gasteiger partial charge in [0.15, 0.2) is 0 Å². The number of ether oxygens (including phenoxy) is 1. The fourth-order valence-electron chi connectivity index (χ4n) is 2.51. The highest BCUT2D eigenvalue weighted by Gasteiger charge is 2.41. The summed E-state index contributed by atoms with van der Waals surface area (Å²) in [4.78, 5) is 26.3. The molecule has 2 unspecified atom stereocenters. The Balaban J connectivity index is 2.50. The van der Waals surface area contributed by atoms with E-state index in [0.29, 0.717) is 16.5 Å². The summed E-state index contributed by atoms with van der Waals surface area (Å²) in [6.07, 6.45) is 0. The zero-order valence-corrected chi connectivity index (χ0v) is 13.3. The molecule has 0 aromatic heterocycles. The lowest BCUT2D eigenvalue weighted by Gasteiger charge is -2.40. The fraction of sp³-hybridized carbons (Fsp3) is 0.467. The number of rotatable bonds is 3. The van der Waals surface area contributed by atoms with Crippen LogP contribution in [0.4, 0.5) is 5.69 Å².